The molecular weight excluding hydrogens is 262 g/mol. The van der Waals surface area contributed by atoms with Gasteiger partial charge in [-0.3, -0.25) is 4.90 Å². The summed E-state index contributed by atoms with van der Waals surface area (Å²) in [5.41, 5.74) is -0.405. The van der Waals surface area contributed by atoms with Crippen molar-refractivity contribution in [1.82, 2.24) is 4.90 Å². The standard InChI is InChI=1S/C14H21NO5/c1-14(2,3)20-13(18)15-8-5-6-9(15)11(10(16)7-8)12(17)19-4/h8-9,16H,5-7H2,1-4H3/t8-,9+/m0/s1. The van der Waals surface area contributed by atoms with Crippen molar-refractivity contribution in [2.24, 2.45) is 0 Å². The predicted molar refractivity (Wildman–Crippen MR) is 71.2 cm³/mol. The molecular formula is C14H21NO5. The molecule has 0 unspecified atom stereocenters. The van der Waals surface area contributed by atoms with E-state index in [1.54, 1.807) is 25.7 Å². The zero-order chi connectivity index (χ0) is 15.1. The molecule has 6 heteroatoms. The van der Waals surface area contributed by atoms with E-state index < -0.39 is 23.7 Å². The maximum absolute atomic E-state index is 12.3. The van der Waals surface area contributed by atoms with Crippen LogP contribution in [0, 0.1) is 0 Å². The fourth-order valence-electron chi connectivity index (χ4n) is 2.85. The van der Waals surface area contributed by atoms with Crippen LogP contribution in [-0.4, -0.2) is 46.9 Å². The number of rotatable bonds is 1. The molecule has 2 rings (SSSR count). The summed E-state index contributed by atoms with van der Waals surface area (Å²) >= 11 is 0. The number of amides is 1. The van der Waals surface area contributed by atoms with Gasteiger partial charge < -0.3 is 14.6 Å². The van der Waals surface area contributed by atoms with Gasteiger partial charge in [-0.25, -0.2) is 9.59 Å². The molecule has 1 N–H and O–H groups in total. The van der Waals surface area contributed by atoms with Crippen LogP contribution in [0.3, 0.4) is 0 Å². The molecule has 0 spiro atoms. The molecule has 2 aliphatic rings. The largest absolute Gasteiger partial charge is 0.512 e. The zero-order valence-electron chi connectivity index (χ0n) is 12.3. The second-order valence-electron chi connectivity index (χ2n) is 6.19. The first-order chi connectivity index (χ1) is 9.24. The van der Waals surface area contributed by atoms with Gasteiger partial charge in [0.1, 0.15) is 11.4 Å². The number of fused-ring (bicyclic) bond motifs is 2. The molecule has 2 aliphatic heterocycles. The van der Waals surface area contributed by atoms with Crippen molar-refractivity contribution in [3.05, 3.63) is 11.3 Å². The smallest absolute Gasteiger partial charge is 0.411 e. The molecule has 112 valence electrons. The van der Waals surface area contributed by atoms with Gasteiger partial charge in [0.05, 0.1) is 18.7 Å². The summed E-state index contributed by atoms with van der Waals surface area (Å²) in [7, 11) is 1.27. The molecule has 2 atom stereocenters. The Morgan fingerprint density at radius 1 is 1.30 bits per heavy atom. The Labute approximate surface area is 118 Å². The van der Waals surface area contributed by atoms with Gasteiger partial charge in [-0.05, 0) is 33.6 Å². The molecule has 1 fully saturated rings. The van der Waals surface area contributed by atoms with E-state index >= 15 is 0 Å². The van der Waals surface area contributed by atoms with Crippen LogP contribution >= 0.6 is 0 Å². The Bertz CT molecular complexity index is 463. The van der Waals surface area contributed by atoms with Crippen LogP contribution in [0.1, 0.15) is 40.0 Å². The number of aliphatic hydroxyl groups is 1. The maximum Gasteiger partial charge on any atom is 0.411 e. The molecule has 1 amide bonds. The van der Waals surface area contributed by atoms with Gasteiger partial charge in [0.25, 0.3) is 0 Å². The normalized spacial score (nSPS) is 25.7. The molecule has 2 heterocycles. The fourth-order valence-corrected chi connectivity index (χ4v) is 2.85. The van der Waals surface area contributed by atoms with E-state index in [2.05, 4.69) is 0 Å². The van der Waals surface area contributed by atoms with E-state index in [9.17, 15) is 14.7 Å². The highest BCUT2D eigenvalue weighted by Gasteiger charge is 2.48. The Morgan fingerprint density at radius 3 is 2.50 bits per heavy atom. The van der Waals surface area contributed by atoms with E-state index in [-0.39, 0.29) is 23.8 Å². The van der Waals surface area contributed by atoms with Crippen molar-refractivity contribution >= 4 is 12.1 Å². The van der Waals surface area contributed by atoms with Crippen molar-refractivity contribution in [2.75, 3.05) is 7.11 Å². The van der Waals surface area contributed by atoms with Crippen molar-refractivity contribution in [2.45, 2.75) is 57.7 Å². The summed E-state index contributed by atoms with van der Waals surface area (Å²) < 4.78 is 10.1. The summed E-state index contributed by atoms with van der Waals surface area (Å²) in [4.78, 5) is 25.7. The third-order valence-corrected chi connectivity index (χ3v) is 3.59. The molecule has 0 aromatic heterocycles. The van der Waals surface area contributed by atoms with Crippen LogP contribution < -0.4 is 0 Å². The summed E-state index contributed by atoms with van der Waals surface area (Å²) in [5, 5.41) is 9.98. The Morgan fingerprint density at radius 2 is 1.95 bits per heavy atom. The second kappa shape index (κ2) is 5.00. The van der Waals surface area contributed by atoms with E-state index in [0.29, 0.717) is 6.42 Å². The molecule has 2 bridgehead atoms. The minimum Gasteiger partial charge on any atom is -0.512 e. The van der Waals surface area contributed by atoms with Crippen molar-refractivity contribution in [3.8, 4) is 0 Å². The first-order valence-electron chi connectivity index (χ1n) is 6.76. The average Bonchev–Trinajstić information content (AvgIpc) is 2.63. The van der Waals surface area contributed by atoms with Crippen LogP contribution in [-0.2, 0) is 14.3 Å². The topological polar surface area (TPSA) is 76.1 Å². The highest BCUT2D eigenvalue weighted by molar-refractivity contribution is 5.92. The van der Waals surface area contributed by atoms with E-state index in [1.807, 2.05) is 0 Å². The van der Waals surface area contributed by atoms with E-state index in [4.69, 9.17) is 9.47 Å². The molecule has 0 aliphatic carbocycles. The number of esters is 1. The number of ether oxygens (including phenoxy) is 2. The minimum atomic E-state index is -0.592. The highest BCUT2D eigenvalue weighted by Crippen LogP contribution is 2.39. The van der Waals surface area contributed by atoms with Gasteiger partial charge in [-0.1, -0.05) is 0 Å². The first kappa shape index (κ1) is 14.7. The lowest BCUT2D eigenvalue weighted by atomic mass is 10.00. The number of hydrogen-bond donors (Lipinski definition) is 1. The van der Waals surface area contributed by atoms with Crippen LogP contribution in [0.25, 0.3) is 0 Å². The lowest BCUT2D eigenvalue weighted by Crippen LogP contribution is -2.48. The number of carbonyl (C=O) groups is 2. The van der Waals surface area contributed by atoms with Gasteiger partial charge >= 0.3 is 12.1 Å². The highest BCUT2D eigenvalue weighted by atomic mass is 16.6. The van der Waals surface area contributed by atoms with Crippen LogP contribution in [0.15, 0.2) is 11.3 Å². The van der Waals surface area contributed by atoms with Crippen LogP contribution in [0.5, 0.6) is 0 Å². The molecule has 0 aromatic carbocycles. The molecule has 0 aromatic rings. The summed E-state index contributed by atoms with van der Waals surface area (Å²) in [6.45, 7) is 5.39. The van der Waals surface area contributed by atoms with Gasteiger partial charge in [0.2, 0.25) is 0 Å². The lowest BCUT2D eigenvalue weighted by molar-refractivity contribution is -0.137. The fraction of sp³-hybridized carbons (Fsp3) is 0.714. The van der Waals surface area contributed by atoms with Gasteiger partial charge in [0, 0.05) is 12.5 Å². The Balaban J connectivity index is 2.26. The van der Waals surface area contributed by atoms with Crippen molar-refractivity contribution in [3.63, 3.8) is 0 Å². The molecule has 0 radical (unpaired) electrons. The second-order valence-corrected chi connectivity index (χ2v) is 6.19. The van der Waals surface area contributed by atoms with Gasteiger partial charge in [0.15, 0.2) is 0 Å². The van der Waals surface area contributed by atoms with Crippen LogP contribution in [0.2, 0.25) is 0 Å². The zero-order valence-corrected chi connectivity index (χ0v) is 12.3. The third-order valence-electron chi connectivity index (χ3n) is 3.59. The number of carbonyl (C=O) groups excluding carboxylic acids is 2. The summed E-state index contributed by atoms with van der Waals surface area (Å²) in [6, 6.07) is -0.556. The van der Waals surface area contributed by atoms with E-state index in [1.165, 1.54) is 7.11 Å². The van der Waals surface area contributed by atoms with Crippen molar-refractivity contribution in [1.29, 1.82) is 0 Å². The SMILES string of the molecule is COC(=O)C1=C(O)C[C@@H]2CC[C@H]1N2C(=O)OC(C)(C)C. The number of methoxy groups -OCH3 is 1. The Hall–Kier alpha value is -1.72. The van der Waals surface area contributed by atoms with Crippen molar-refractivity contribution < 1.29 is 24.2 Å². The number of aliphatic hydroxyl groups excluding tert-OH is 1. The summed E-state index contributed by atoms with van der Waals surface area (Å²) in [5.74, 6) is -0.550. The molecule has 0 saturated carbocycles. The van der Waals surface area contributed by atoms with Gasteiger partial charge in [-0.15, -0.1) is 0 Å². The monoisotopic (exact) mass is 283 g/mol. The molecule has 6 nitrogen and oxygen atoms in total. The predicted octanol–water partition coefficient (Wildman–Crippen LogP) is 2.14. The van der Waals surface area contributed by atoms with Crippen LogP contribution in [0.4, 0.5) is 4.79 Å². The molecule has 1 saturated heterocycles. The summed E-state index contributed by atoms with van der Waals surface area (Å²) in [6.07, 6.45) is 1.21. The van der Waals surface area contributed by atoms with E-state index in [0.717, 1.165) is 6.42 Å². The first-order valence-corrected chi connectivity index (χ1v) is 6.76. The number of nitrogens with zero attached hydrogens (tertiary/aromatic N) is 1. The minimum absolute atomic E-state index is 0.0316. The third kappa shape index (κ3) is 2.59. The maximum atomic E-state index is 12.3. The molecule has 20 heavy (non-hydrogen) atoms. The lowest BCUT2D eigenvalue weighted by Gasteiger charge is -2.36. The number of hydrogen-bond acceptors (Lipinski definition) is 5. The Kier molecular flexibility index (Phi) is 3.67. The average molecular weight is 283 g/mol. The quantitative estimate of drug-likeness (QED) is 0.746. The van der Waals surface area contributed by atoms with Gasteiger partial charge in [-0.2, -0.15) is 0 Å².